The van der Waals surface area contributed by atoms with Gasteiger partial charge in [0.2, 0.25) is 0 Å². The Balaban J connectivity index is 1.93. The first kappa shape index (κ1) is 23.8. The lowest BCUT2D eigenvalue weighted by Gasteiger charge is -2.36. The number of hydrogen-bond donors (Lipinski definition) is 1. The van der Waals surface area contributed by atoms with E-state index < -0.39 is 6.10 Å². The van der Waals surface area contributed by atoms with Crippen LogP contribution in [0.5, 0.6) is 0 Å². The maximum atomic E-state index is 13.0. The summed E-state index contributed by atoms with van der Waals surface area (Å²) in [5.41, 5.74) is 1.79. The van der Waals surface area contributed by atoms with Crippen LogP contribution < -0.4 is 0 Å². The van der Waals surface area contributed by atoms with Gasteiger partial charge in [-0.3, -0.25) is 9.69 Å². The van der Waals surface area contributed by atoms with Gasteiger partial charge in [-0.05, 0) is 32.9 Å². The number of nitrogens with zero attached hydrogens (tertiary/aromatic N) is 2. The van der Waals surface area contributed by atoms with Crippen molar-refractivity contribution in [2.24, 2.45) is 0 Å². The first-order valence-corrected chi connectivity index (χ1v) is 10.4. The fraction of sp³-hybridized carbons (Fsp3) is 0.682. The highest BCUT2D eigenvalue weighted by Gasteiger charge is 2.26. The van der Waals surface area contributed by atoms with Gasteiger partial charge in [-0.2, -0.15) is 0 Å². The minimum Gasteiger partial charge on any atom is -0.389 e. The fourth-order valence-corrected chi connectivity index (χ4v) is 3.31. The third kappa shape index (κ3) is 8.40. The number of methoxy groups -OCH3 is 1. The van der Waals surface area contributed by atoms with Gasteiger partial charge in [0.05, 0.1) is 38.1 Å². The van der Waals surface area contributed by atoms with Crippen LogP contribution in [0.1, 0.15) is 29.8 Å². The molecule has 2 rings (SSSR count). The molecule has 7 nitrogen and oxygen atoms in total. The van der Waals surface area contributed by atoms with Crippen LogP contribution in [-0.2, 0) is 14.2 Å². The monoisotopic (exact) mass is 408 g/mol. The molecule has 1 fully saturated rings. The topological polar surface area (TPSA) is 71.5 Å². The SMILES string of the molecule is COCCN(CC1CN(CC(O)COC(C)C)CCO1)C(=O)c1ccc(C)cc1. The smallest absolute Gasteiger partial charge is 0.254 e. The molecule has 1 aromatic carbocycles. The fourth-order valence-electron chi connectivity index (χ4n) is 3.31. The Labute approximate surface area is 174 Å². The summed E-state index contributed by atoms with van der Waals surface area (Å²) < 4.78 is 16.6. The number of benzene rings is 1. The van der Waals surface area contributed by atoms with Gasteiger partial charge in [-0.1, -0.05) is 17.7 Å². The number of aliphatic hydroxyl groups excluding tert-OH is 1. The van der Waals surface area contributed by atoms with E-state index in [1.54, 1.807) is 12.0 Å². The number of amides is 1. The zero-order valence-electron chi connectivity index (χ0n) is 18.2. The Bertz CT molecular complexity index is 608. The van der Waals surface area contributed by atoms with Crippen LogP contribution in [0.15, 0.2) is 24.3 Å². The van der Waals surface area contributed by atoms with Crippen molar-refractivity contribution < 1.29 is 24.1 Å². The lowest BCUT2D eigenvalue weighted by atomic mass is 10.1. The third-order valence-corrected chi connectivity index (χ3v) is 4.89. The van der Waals surface area contributed by atoms with Gasteiger partial charge >= 0.3 is 0 Å². The largest absolute Gasteiger partial charge is 0.389 e. The van der Waals surface area contributed by atoms with E-state index in [1.165, 1.54) is 0 Å². The predicted octanol–water partition coefficient (Wildman–Crippen LogP) is 1.57. The summed E-state index contributed by atoms with van der Waals surface area (Å²) in [5, 5.41) is 10.2. The van der Waals surface area contributed by atoms with Crippen molar-refractivity contribution in [1.29, 1.82) is 0 Å². The first-order valence-electron chi connectivity index (χ1n) is 10.4. The van der Waals surface area contributed by atoms with Crippen LogP contribution in [-0.4, -0.2) is 98.8 Å². The number of carbonyl (C=O) groups is 1. The summed E-state index contributed by atoms with van der Waals surface area (Å²) in [4.78, 5) is 17.0. The second-order valence-electron chi connectivity index (χ2n) is 7.90. The van der Waals surface area contributed by atoms with Crippen molar-refractivity contribution in [3.8, 4) is 0 Å². The molecule has 0 aliphatic carbocycles. The number of aliphatic hydroxyl groups is 1. The van der Waals surface area contributed by atoms with Crippen molar-refractivity contribution in [1.82, 2.24) is 9.80 Å². The Morgan fingerprint density at radius 2 is 2.07 bits per heavy atom. The summed E-state index contributed by atoms with van der Waals surface area (Å²) in [7, 11) is 1.63. The lowest BCUT2D eigenvalue weighted by molar-refractivity contribution is -0.0634. The van der Waals surface area contributed by atoms with Crippen LogP contribution in [0.4, 0.5) is 0 Å². The summed E-state index contributed by atoms with van der Waals surface area (Å²) >= 11 is 0. The highest BCUT2D eigenvalue weighted by atomic mass is 16.5. The number of ether oxygens (including phenoxy) is 3. The number of carbonyl (C=O) groups excluding carboxylic acids is 1. The van der Waals surface area contributed by atoms with E-state index in [1.807, 2.05) is 45.0 Å². The van der Waals surface area contributed by atoms with Crippen molar-refractivity contribution >= 4 is 5.91 Å². The molecule has 1 heterocycles. The van der Waals surface area contributed by atoms with Gasteiger partial charge in [0.15, 0.2) is 0 Å². The maximum absolute atomic E-state index is 13.0. The van der Waals surface area contributed by atoms with E-state index in [9.17, 15) is 9.90 Å². The molecule has 1 N–H and O–H groups in total. The second-order valence-corrected chi connectivity index (χ2v) is 7.90. The van der Waals surface area contributed by atoms with Gasteiger partial charge in [0, 0.05) is 45.4 Å². The second kappa shape index (κ2) is 12.2. The Morgan fingerprint density at radius 3 is 2.72 bits per heavy atom. The first-order chi connectivity index (χ1) is 13.9. The molecule has 1 aliphatic heterocycles. The van der Waals surface area contributed by atoms with E-state index in [0.29, 0.717) is 51.6 Å². The summed E-state index contributed by atoms with van der Waals surface area (Å²) in [6, 6.07) is 7.61. The number of rotatable bonds is 11. The molecule has 0 spiro atoms. The van der Waals surface area contributed by atoms with Gasteiger partial charge in [-0.15, -0.1) is 0 Å². The normalized spacial score (nSPS) is 18.8. The van der Waals surface area contributed by atoms with E-state index in [0.717, 1.165) is 12.1 Å². The van der Waals surface area contributed by atoms with Crippen LogP contribution in [0.2, 0.25) is 0 Å². The summed E-state index contributed by atoms with van der Waals surface area (Å²) in [6.07, 6.45) is -0.535. The highest BCUT2D eigenvalue weighted by Crippen LogP contribution is 2.12. The number of aryl methyl sites for hydroxylation is 1. The van der Waals surface area contributed by atoms with E-state index in [-0.39, 0.29) is 18.1 Å². The molecule has 2 atom stereocenters. The zero-order valence-corrected chi connectivity index (χ0v) is 18.2. The number of morpholine rings is 1. The molecule has 0 bridgehead atoms. The molecule has 7 heteroatoms. The van der Waals surface area contributed by atoms with Gasteiger partial charge in [-0.25, -0.2) is 0 Å². The maximum Gasteiger partial charge on any atom is 0.254 e. The van der Waals surface area contributed by atoms with Crippen LogP contribution >= 0.6 is 0 Å². The van der Waals surface area contributed by atoms with Crippen molar-refractivity contribution in [3.05, 3.63) is 35.4 Å². The van der Waals surface area contributed by atoms with Crippen LogP contribution in [0.25, 0.3) is 0 Å². The Morgan fingerprint density at radius 1 is 1.34 bits per heavy atom. The highest BCUT2D eigenvalue weighted by molar-refractivity contribution is 5.94. The molecule has 0 saturated carbocycles. The minimum atomic E-state index is -0.532. The van der Waals surface area contributed by atoms with Crippen molar-refractivity contribution in [2.75, 3.05) is 59.7 Å². The quantitative estimate of drug-likeness (QED) is 0.599. The molecule has 1 saturated heterocycles. The molecule has 2 unspecified atom stereocenters. The van der Waals surface area contributed by atoms with E-state index >= 15 is 0 Å². The molecule has 0 aromatic heterocycles. The zero-order chi connectivity index (χ0) is 21.2. The van der Waals surface area contributed by atoms with Crippen LogP contribution in [0, 0.1) is 6.92 Å². The number of β-amino-alcohol motifs (C(OH)–C–C–N with tert-alkyl or cyclic N) is 1. The summed E-state index contributed by atoms with van der Waals surface area (Å²) in [6.45, 7) is 10.3. The molecule has 0 radical (unpaired) electrons. The predicted molar refractivity (Wildman–Crippen MR) is 112 cm³/mol. The van der Waals surface area contributed by atoms with E-state index in [2.05, 4.69) is 4.90 Å². The average Bonchev–Trinajstić information content (AvgIpc) is 2.70. The van der Waals surface area contributed by atoms with Crippen molar-refractivity contribution in [3.63, 3.8) is 0 Å². The number of hydrogen-bond acceptors (Lipinski definition) is 6. The molecule has 1 amide bonds. The Hall–Kier alpha value is -1.51. The molecular formula is C22H36N2O5. The van der Waals surface area contributed by atoms with Gasteiger partial charge in [0.1, 0.15) is 0 Å². The molecule has 1 aromatic rings. The summed E-state index contributed by atoms with van der Waals surface area (Å²) in [5.74, 6) is -0.0202. The van der Waals surface area contributed by atoms with Gasteiger partial charge in [0.25, 0.3) is 5.91 Å². The third-order valence-electron chi connectivity index (χ3n) is 4.89. The lowest BCUT2D eigenvalue weighted by Crippen LogP contribution is -2.51. The van der Waals surface area contributed by atoms with E-state index in [4.69, 9.17) is 14.2 Å². The minimum absolute atomic E-state index is 0.0202. The Kier molecular flexibility index (Phi) is 10.0. The molecule has 1 aliphatic rings. The van der Waals surface area contributed by atoms with Crippen molar-refractivity contribution in [2.45, 2.75) is 39.1 Å². The standard InChI is InChI=1S/C22H36N2O5/c1-17(2)29-16-20(25)13-23-9-12-28-21(14-23)15-24(10-11-27-4)22(26)19-7-5-18(3)6-8-19/h5-8,17,20-21,25H,9-16H2,1-4H3. The van der Waals surface area contributed by atoms with Crippen LogP contribution in [0.3, 0.4) is 0 Å². The molecule has 164 valence electrons. The van der Waals surface area contributed by atoms with Gasteiger partial charge < -0.3 is 24.2 Å². The average molecular weight is 409 g/mol. The molecule has 29 heavy (non-hydrogen) atoms. The molecular weight excluding hydrogens is 372 g/mol.